The first-order valence-electron chi connectivity index (χ1n) is 8.66. The minimum Gasteiger partial charge on any atom is -0.372 e. The standard InChI is InChI=1S/C21H20N2O2S/c1-14-21(16-5-3-2-4-6-16)23-20(26-14)11-22-19(24)10-15-7-8-17-12-25-13-18(17)9-15/h2-9H,10-13H2,1H3,(H,22,24). The predicted molar refractivity (Wildman–Crippen MR) is 103 cm³/mol. The number of ether oxygens (including phenoxy) is 1. The zero-order valence-electron chi connectivity index (χ0n) is 14.6. The zero-order valence-corrected chi connectivity index (χ0v) is 15.4. The third-order valence-electron chi connectivity index (χ3n) is 4.48. The van der Waals surface area contributed by atoms with Crippen LogP contribution < -0.4 is 5.32 Å². The summed E-state index contributed by atoms with van der Waals surface area (Å²) in [6, 6.07) is 16.3. The van der Waals surface area contributed by atoms with Crippen LogP contribution in [0.2, 0.25) is 0 Å². The Balaban J connectivity index is 1.37. The maximum atomic E-state index is 12.3. The zero-order chi connectivity index (χ0) is 17.9. The van der Waals surface area contributed by atoms with Gasteiger partial charge in [-0.1, -0.05) is 48.5 Å². The van der Waals surface area contributed by atoms with E-state index in [1.54, 1.807) is 11.3 Å². The van der Waals surface area contributed by atoms with Crippen LogP contribution in [0.4, 0.5) is 0 Å². The number of fused-ring (bicyclic) bond motifs is 1. The maximum Gasteiger partial charge on any atom is 0.224 e. The number of rotatable bonds is 5. The Morgan fingerprint density at radius 2 is 1.96 bits per heavy atom. The molecule has 1 aromatic heterocycles. The summed E-state index contributed by atoms with van der Waals surface area (Å²) in [6.45, 7) is 3.85. The molecular weight excluding hydrogens is 344 g/mol. The number of carbonyl (C=O) groups excluding carboxylic acids is 1. The topological polar surface area (TPSA) is 51.2 Å². The molecule has 2 heterocycles. The number of amides is 1. The van der Waals surface area contributed by atoms with Gasteiger partial charge in [0.2, 0.25) is 5.91 Å². The Morgan fingerprint density at radius 1 is 1.15 bits per heavy atom. The molecule has 4 rings (SSSR count). The first-order valence-corrected chi connectivity index (χ1v) is 9.47. The van der Waals surface area contributed by atoms with E-state index in [-0.39, 0.29) is 5.91 Å². The van der Waals surface area contributed by atoms with Crippen LogP contribution in [0.15, 0.2) is 48.5 Å². The molecule has 3 aromatic rings. The monoisotopic (exact) mass is 364 g/mol. The largest absolute Gasteiger partial charge is 0.372 e. The molecule has 4 nitrogen and oxygen atoms in total. The second kappa shape index (κ2) is 7.40. The van der Waals surface area contributed by atoms with Gasteiger partial charge in [-0.25, -0.2) is 4.98 Å². The Hall–Kier alpha value is -2.50. The number of aryl methyl sites for hydroxylation is 1. The number of hydrogen-bond donors (Lipinski definition) is 1. The normalized spacial score (nSPS) is 12.8. The van der Waals surface area contributed by atoms with Gasteiger partial charge in [-0.3, -0.25) is 4.79 Å². The number of nitrogens with zero attached hydrogens (tertiary/aromatic N) is 1. The highest BCUT2D eigenvalue weighted by atomic mass is 32.1. The lowest BCUT2D eigenvalue weighted by atomic mass is 10.0. The van der Waals surface area contributed by atoms with Crippen molar-refractivity contribution in [1.82, 2.24) is 10.3 Å². The highest BCUT2D eigenvalue weighted by molar-refractivity contribution is 7.12. The minimum atomic E-state index is 0.0120. The number of thiazole rings is 1. The number of hydrogen-bond acceptors (Lipinski definition) is 4. The summed E-state index contributed by atoms with van der Waals surface area (Å²) in [7, 11) is 0. The van der Waals surface area contributed by atoms with Crippen molar-refractivity contribution in [2.24, 2.45) is 0 Å². The van der Waals surface area contributed by atoms with Gasteiger partial charge in [-0.2, -0.15) is 0 Å². The molecule has 0 saturated heterocycles. The number of nitrogens with one attached hydrogen (secondary N) is 1. The van der Waals surface area contributed by atoms with Gasteiger partial charge in [0.05, 0.1) is 31.9 Å². The van der Waals surface area contributed by atoms with Crippen LogP contribution in [0.1, 0.15) is 26.6 Å². The molecule has 5 heteroatoms. The summed E-state index contributed by atoms with van der Waals surface area (Å²) in [5, 5.41) is 3.91. The van der Waals surface area contributed by atoms with Gasteiger partial charge in [0, 0.05) is 10.4 Å². The van der Waals surface area contributed by atoms with Crippen LogP contribution in [0.3, 0.4) is 0 Å². The van der Waals surface area contributed by atoms with Crippen LogP contribution >= 0.6 is 11.3 Å². The molecule has 0 spiro atoms. The van der Waals surface area contributed by atoms with E-state index in [1.165, 1.54) is 16.0 Å². The SMILES string of the molecule is Cc1sc(CNC(=O)Cc2ccc3c(c2)COC3)nc1-c1ccccc1. The maximum absolute atomic E-state index is 12.3. The van der Waals surface area contributed by atoms with E-state index in [2.05, 4.69) is 36.5 Å². The summed E-state index contributed by atoms with van der Waals surface area (Å²) < 4.78 is 5.42. The molecule has 1 aliphatic heterocycles. The number of aromatic nitrogens is 1. The fraction of sp³-hybridized carbons (Fsp3) is 0.238. The van der Waals surface area contributed by atoms with Crippen molar-refractivity contribution in [3.05, 3.63) is 75.1 Å². The van der Waals surface area contributed by atoms with Crippen LogP contribution in [0, 0.1) is 6.92 Å². The Kier molecular flexibility index (Phi) is 4.82. The van der Waals surface area contributed by atoms with Gasteiger partial charge in [0.1, 0.15) is 5.01 Å². The molecule has 0 atom stereocenters. The van der Waals surface area contributed by atoms with Crippen molar-refractivity contribution in [3.8, 4) is 11.3 Å². The predicted octanol–water partition coefficient (Wildman–Crippen LogP) is 4.01. The van der Waals surface area contributed by atoms with Gasteiger partial charge >= 0.3 is 0 Å². The van der Waals surface area contributed by atoms with Crippen LogP contribution in [0.5, 0.6) is 0 Å². The van der Waals surface area contributed by atoms with E-state index < -0.39 is 0 Å². The smallest absolute Gasteiger partial charge is 0.224 e. The molecule has 0 bridgehead atoms. The molecule has 0 saturated carbocycles. The van der Waals surface area contributed by atoms with Gasteiger partial charge in [-0.05, 0) is 23.6 Å². The highest BCUT2D eigenvalue weighted by Gasteiger charge is 2.14. The Bertz CT molecular complexity index is 934. The van der Waals surface area contributed by atoms with Crippen molar-refractivity contribution < 1.29 is 9.53 Å². The van der Waals surface area contributed by atoms with Gasteiger partial charge in [0.25, 0.3) is 0 Å². The summed E-state index contributed by atoms with van der Waals surface area (Å²) in [5.74, 6) is 0.0120. The lowest BCUT2D eigenvalue weighted by Crippen LogP contribution is -2.24. The van der Waals surface area contributed by atoms with E-state index in [0.29, 0.717) is 26.2 Å². The van der Waals surface area contributed by atoms with Crippen molar-refractivity contribution in [2.45, 2.75) is 33.1 Å². The van der Waals surface area contributed by atoms with Crippen LogP contribution in [-0.4, -0.2) is 10.9 Å². The van der Waals surface area contributed by atoms with E-state index in [9.17, 15) is 4.79 Å². The summed E-state index contributed by atoms with van der Waals surface area (Å²) in [6.07, 6.45) is 0.378. The van der Waals surface area contributed by atoms with Crippen LogP contribution in [0.25, 0.3) is 11.3 Å². The van der Waals surface area contributed by atoms with Gasteiger partial charge < -0.3 is 10.1 Å². The first kappa shape index (κ1) is 16.9. The Labute approximate surface area is 156 Å². The lowest BCUT2D eigenvalue weighted by molar-refractivity contribution is -0.120. The molecule has 0 unspecified atom stereocenters. The van der Waals surface area contributed by atoms with Crippen molar-refractivity contribution in [3.63, 3.8) is 0 Å². The van der Waals surface area contributed by atoms with E-state index in [1.807, 2.05) is 24.3 Å². The quantitative estimate of drug-likeness (QED) is 0.744. The van der Waals surface area contributed by atoms with E-state index >= 15 is 0 Å². The molecule has 0 fully saturated rings. The van der Waals surface area contributed by atoms with Crippen molar-refractivity contribution in [1.29, 1.82) is 0 Å². The number of benzene rings is 2. The van der Waals surface area contributed by atoms with Crippen molar-refractivity contribution in [2.75, 3.05) is 0 Å². The van der Waals surface area contributed by atoms with E-state index in [0.717, 1.165) is 21.8 Å². The average Bonchev–Trinajstić information content (AvgIpc) is 3.26. The Morgan fingerprint density at radius 3 is 2.81 bits per heavy atom. The minimum absolute atomic E-state index is 0.0120. The second-order valence-corrected chi connectivity index (χ2v) is 7.72. The highest BCUT2D eigenvalue weighted by Crippen LogP contribution is 2.27. The van der Waals surface area contributed by atoms with E-state index in [4.69, 9.17) is 9.72 Å². The molecule has 0 aliphatic carbocycles. The average molecular weight is 364 g/mol. The molecular formula is C21H20N2O2S. The fourth-order valence-electron chi connectivity index (χ4n) is 3.15. The molecule has 132 valence electrons. The molecule has 26 heavy (non-hydrogen) atoms. The van der Waals surface area contributed by atoms with Gasteiger partial charge in [0.15, 0.2) is 0 Å². The molecule has 1 aliphatic rings. The molecule has 1 amide bonds. The third kappa shape index (κ3) is 3.69. The summed E-state index contributed by atoms with van der Waals surface area (Å²) in [5.41, 5.74) is 5.55. The fourth-order valence-corrected chi connectivity index (χ4v) is 4.04. The third-order valence-corrected chi connectivity index (χ3v) is 5.45. The van der Waals surface area contributed by atoms with Gasteiger partial charge in [-0.15, -0.1) is 11.3 Å². The second-order valence-electron chi connectivity index (χ2n) is 6.43. The number of carbonyl (C=O) groups is 1. The first-order chi connectivity index (χ1) is 12.7. The molecule has 0 radical (unpaired) electrons. The lowest BCUT2D eigenvalue weighted by Gasteiger charge is -2.05. The van der Waals surface area contributed by atoms with Crippen LogP contribution in [-0.2, 0) is 35.7 Å². The molecule has 2 aromatic carbocycles. The molecule has 1 N–H and O–H groups in total. The summed E-state index contributed by atoms with van der Waals surface area (Å²) in [4.78, 5) is 18.1. The summed E-state index contributed by atoms with van der Waals surface area (Å²) >= 11 is 1.63. The van der Waals surface area contributed by atoms with Crippen molar-refractivity contribution >= 4 is 17.2 Å².